The summed E-state index contributed by atoms with van der Waals surface area (Å²) in [7, 11) is 1.60. The second kappa shape index (κ2) is 9.67. The van der Waals surface area contributed by atoms with E-state index in [1.165, 1.54) is 23.5 Å². The number of ether oxygens (including phenoxy) is 1. The molecule has 0 atom stereocenters. The van der Waals surface area contributed by atoms with Gasteiger partial charge in [-0.2, -0.15) is 4.99 Å². The number of carbonyl (C=O) groups is 1. The number of non-ortho nitro benzene ring substituents is 1. The largest absolute Gasteiger partial charge is 0.383 e. The van der Waals surface area contributed by atoms with Crippen LogP contribution in [0.4, 0.5) is 5.69 Å². The molecule has 0 aliphatic rings. The molecule has 0 unspecified atom stereocenters. The Balaban J connectivity index is 1.85. The number of fused-ring (bicyclic) bond motifs is 1. The summed E-state index contributed by atoms with van der Waals surface area (Å²) in [6.07, 6.45) is 0. The molecule has 0 saturated carbocycles. The topological polar surface area (TPSA) is 86.7 Å². The molecule has 162 valence electrons. The predicted molar refractivity (Wildman–Crippen MR) is 124 cm³/mol. The number of nitrogens with zero attached hydrogens (tertiary/aromatic N) is 3. The molecule has 0 saturated heterocycles. The van der Waals surface area contributed by atoms with E-state index in [4.69, 9.17) is 4.74 Å². The third-order valence-electron chi connectivity index (χ3n) is 5.11. The Hall–Kier alpha value is -3.62. The van der Waals surface area contributed by atoms with Gasteiger partial charge in [0.15, 0.2) is 4.80 Å². The van der Waals surface area contributed by atoms with E-state index < -0.39 is 10.8 Å². The molecule has 0 spiro atoms. The van der Waals surface area contributed by atoms with Gasteiger partial charge in [-0.1, -0.05) is 72.0 Å². The first kappa shape index (κ1) is 21.6. The van der Waals surface area contributed by atoms with Crippen LogP contribution in [0.5, 0.6) is 0 Å². The summed E-state index contributed by atoms with van der Waals surface area (Å²) in [5.74, 6) is -0.845. The lowest BCUT2D eigenvalue weighted by Gasteiger charge is -2.14. The first-order chi connectivity index (χ1) is 15.6. The normalized spacial score (nSPS) is 11.9. The minimum absolute atomic E-state index is 0.00182. The highest BCUT2D eigenvalue weighted by molar-refractivity contribution is 7.16. The standard InChI is InChI=1S/C24H21N3O4S/c1-31-15-14-26-20-13-12-19(27(29)30)16-21(20)32-24(26)25-23(28)22(17-8-4-2-5-9-17)18-10-6-3-7-11-18/h2-13,16,22H,14-15H2,1H3. The van der Waals surface area contributed by atoms with Crippen LogP contribution >= 0.6 is 11.3 Å². The smallest absolute Gasteiger partial charge is 0.270 e. The van der Waals surface area contributed by atoms with Crippen LogP contribution < -0.4 is 4.80 Å². The molecule has 0 aliphatic carbocycles. The molecular formula is C24H21N3O4S. The summed E-state index contributed by atoms with van der Waals surface area (Å²) in [6, 6.07) is 23.7. The van der Waals surface area contributed by atoms with Gasteiger partial charge in [-0.15, -0.1) is 0 Å². The van der Waals surface area contributed by atoms with Gasteiger partial charge in [-0.25, -0.2) is 0 Å². The molecule has 4 aromatic rings. The number of nitro benzene ring substituents is 1. The first-order valence-electron chi connectivity index (χ1n) is 10.0. The molecule has 0 bridgehead atoms. The highest BCUT2D eigenvalue weighted by Crippen LogP contribution is 2.27. The fourth-order valence-electron chi connectivity index (χ4n) is 3.59. The van der Waals surface area contributed by atoms with Gasteiger partial charge in [0.2, 0.25) is 0 Å². The monoisotopic (exact) mass is 447 g/mol. The van der Waals surface area contributed by atoms with Crippen LogP contribution in [0.25, 0.3) is 10.2 Å². The Bertz CT molecular complexity index is 1270. The van der Waals surface area contributed by atoms with Crippen LogP contribution in [0, 0.1) is 10.1 Å². The molecule has 32 heavy (non-hydrogen) atoms. The van der Waals surface area contributed by atoms with Crippen molar-refractivity contribution in [3.05, 3.63) is 105 Å². The van der Waals surface area contributed by atoms with Crippen LogP contribution in [0.1, 0.15) is 17.0 Å². The minimum Gasteiger partial charge on any atom is -0.383 e. The van der Waals surface area contributed by atoms with Crippen molar-refractivity contribution in [2.75, 3.05) is 13.7 Å². The number of carbonyl (C=O) groups excluding carboxylic acids is 1. The Morgan fingerprint density at radius 2 is 1.69 bits per heavy atom. The summed E-state index contributed by atoms with van der Waals surface area (Å²) in [4.78, 5) is 29.2. The van der Waals surface area contributed by atoms with E-state index in [1.807, 2.05) is 65.2 Å². The number of benzene rings is 3. The maximum absolute atomic E-state index is 13.5. The van der Waals surface area contributed by atoms with E-state index in [1.54, 1.807) is 13.2 Å². The van der Waals surface area contributed by atoms with Gasteiger partial charge in [0, 0.05) is 25.8 Å². The van der Waals surface area contributed by atoms with E-state index in [0.717, 1.165) is 16.6 Å². The number of rotatable bonds is 7. The minimum atomic E-state index is -0.548. The second-order valence-corrected chi connectivity index (χ2v) is 8.15. The zero-order chi connectivity index (χ0) is 22.5. The molecule has 0 N–H and O–H groups in total. The van der Waals surface area contributed by atoms with Crippen molar-refractivity contribution in [3.8, 4) is 0 Å². The fraction of sp³-hybridized carbons (Fsp3) is 0.167. The molecule has 1 amide bonds. The maximum Gasteiger partial charge on any atom is 0.270 e. The van der Waals surface area contributed by atoms with Crippen LogP contribution in [0.15, 0.2) is 83.9 Å². The number of amides is 1. The molecule has 4 rings (SSSR count). The van der Waals surface area contributed by atoms with E-state index in [9.17, 15) is 14.9 Å². The summed E-state index contributed by atoms with van der Waals surface area (Å²) >= 11 is 1.26. The number of nitro groups is 1. The summed E-state index contributed by atoms with van der Waals surface area (Å²) in [5, 5.41) is 11.2. The fourth-order valence-corrected chi connectivity index (χ4v) is 4.68. The van der Waals surface area contributed by atoms with E-state index in [-0.39, 0.29) is 11.6 Å². The average Bonchev–Trinajstić information content (AvgIpc) is 3.15. The molecular weight excluding hydrogens is 426 g/mol. The number of hydrogen-bond donors (Lipinski definition) is 0. The van der Waals surface area contributed by atoms with Gasteiger partial charge in [0.25, 0.3) is 11.6 Å². The van der Waals surface area contributed by atoms with E-state index in [2.05, 4.69) is 4.99 Å². The van der Waals surface area contributed by atoms with Gasteiger partial charge in [0.05, 0.1) is 27.7 Å². The first-order valence-corrected chi connectivity index (χ1v) is 10.9. The quantitative estimate of drug-likeness (QED) is 0.308. The van der Waals surface area contributed by atoms with Gasteiger partial charge < -0.3 is 9.30 Å². The van der Waals surface area contributed by atoms with Gasteiger partial charge in [0.1, 0.15) is 0 Å². The van der Waals surface area contributed by atoms with Crippen molar-refractivity contribution in [3.63, 3.8) is 0 Å². The van der Waals surface area contributed by atoms with Crippen molar-refractivity contribution < 1.29 is 14.5 Å². The van der Waals surface area contributed by atoms with E-state index in [0.29, 0.717) is 22.7 Å². The molecule has 1 heterocycles. The average molecular weight is 448 g/mol. The number of hydrogen-bond acceptors (Lipinski definition) is 5. The lowest BCUT2D eigenvalue weighted by Crippen LogP contribution is -2.22. The van der Waals surface area contributed by atoms with Gasteiger partial charge in [-0.3, -0.25) is 14.9 Å². The molecule has 0 aliphatic heterocycles. The Kier molecular flexibility index (Phi) is 6.53. The van der Waals surface area contributed by atoms with Crippen LogP contribution in [0.2, 0.25) is 0 Å². The van der Waals surface area contributed by atoms with Gasteiger partial charge >= 0.3 is 0 Å². The highest BCUT2D eigenvalue weighted by Gasteiger charge is 2.23. The summed E-state index contributed by atoms with van der Waals surface area (Å²) in [5.41, 5.74) is 2.49. The van der Waals surface area contributed by atoms with Crippen LogP contribution in [-0.4, -0.2) is 29.1 Å². The third-order valence-corrected chi connectivity index (χ3v) is 6.16. The molecule has 0 radical (unpaired) electrons. The molecule has 1 aromatic heterocycles. The zero-order valence-electron chi connectivity index (χ0n) is 17.4. The zero-order valence-corrected chi connectivity index (χ0v) is 18.2. The van der Waals surface area contributed by atoms with Crippen molar-refractivity contribution >= 4 is 33.1 Å². The van der Waals surface area contributed by atoms with Crippen molar-refractivity contribution in [2.24, 2.45) is 4.99 Å². The SMILES string of the molecule is COCCn1c(=NC(=O)C(c2ccccc2)c2ccccc2)sc2cc([N+](=O)[O-])ccc21. The number of aromatic nitrogens is 1. The van der Waals surface area contributed by atoms with Gasteiger partial charge in [-0.05, 0) is 17.2 Å². The molecule has 0 fully saturated rings. The highest BCUT2D eigenvalue weighted by atomic mass is 32.1. The van der Waals surface area contributed by atoms with Crippen molar-refractivity contribution in [1.29, 1.82) is 0 Å². The molecule has 8 heteroatoms. The summed E-state index contributed by atoms with van der Waals surface area (Å²) < 4.78 is 7.79. The predicted octanol–water partition coefficient (Wildman–Crippen LogP) is 4.52. The Labute approximate surface area is 188 Å². The third kappa shape index (κ3) is 4.51. The van der Waals surface area contributed by atoms with Crippen molar-refractivity contribution in [2.45, 2.75) is 12.5 Å². The maximum atomic E-state index is 13.5. The number of thiazole rings is 1. The second-order valence-electron chi connectivity index (χ2n) is 7.14. The lowest BCUT2D eigenvalue weighted by atomic mass is 9.91. The van der Waals surface area contributed by atoms with E-state index >= 15 is 0 Å². The Morgan fingerprint density at radius 1 is 1.06 bits per heavy atom. The molecule has 3 aromatic carbocycles. The van der Waals surface area contributed by atoms with Crippen LogP contribution in [0.3, 0.4) is 0 Å². The number of methoxy groups -OCH3 is 1. The molecule has 7 nitrogen and oxygen atoms in total. The van der Waals surface area contributed by atoms with Crippen LogP contribution in [-0.2, 0) is 16.1 Å². The Morgan fingerprint density at radius 3 is 2.25 bits per heavy atom. The summed E-state index contributed by atoms with van der Waals surface area (Å²) in [6.45, 7) is 0.896. The lowest BCUT2D eigenvalue weighted by molar-refractivity contribution is -0.384. The van der Waals surface area contributed by atoms with Crippen molar-refractivity contribution in [1.82, 2.24) is 4.57 Å².